The van der Waals surface area contributed by atoms with E-state index < -0.39 is 9.84 Å². The van der Waals surface area contributed by atoms with Crippen molar-refractivity contribution in [3.8, 4) is 0 Å². The highest BCUT2D eigenvalue weighted by Gasteiger charge is 2.10. The largest absolute Gasteiger partial charge is 0.383 e. The number of hydrogen-bond donors (Lipinski definition) is 1. The molecule has 1 N–H and O–H groups in total. The van der Waals surface area contributed by atoms with Crippen molar-refractivity contribution in [2.75, 3.05) is 37.6 Å². The molecule has 0 radical (unpaired) electrons. The zero-order valence-corrected chi connectivity index (χ0v) is 11.2. The average molecular weight is 261 g/mol. The number of nitrogens with zero attached hydrogens (tertiary/aromatic N) is 2. The van der Waals surface area contributed by atoms with E-state index in [1.165, 1.54) is 6.26 Å². The fourth-order valence-corrected chi connectivity index (χ4v) is 1.95. The Labute approximate surface area is 102 Å². The van der Waals surface area contributed by atoms with E-state index in [9.17, 15) is 8.42 Å². The summed E-state index contributed by atoms with van der Waals surface area (Å²) in [4.78, 5) is 4.14. The van der Waals surface area contributed by atoms with Crippen LogP contribution in [0.5, 0.6) is 0 Å². The van der Waals surface area contributed by atoms with E-state index in [1.807, 2.05) is 17.7 Å². The topological polar surface area (TPSA) is 73.2 Å². The highest BCUT2D eigenvalue weighted by molar-refractivity contribution is 7.90. The lowest BCUT2D eigenvalue weighted by molar-refractivity contribution is 0.163. The van der Waals surface area contributed by atoms with Crippen molar-refractivity contribution in [1.82, 2.24) is 9.55 Å². The third-order valence-electron chi connectivity index (χ3n) is 2.31. The summed E-state index contributed by atoms with van der Waals surface area (Å²) >= 11 is 0. The van der Waals surface area contributed by atoms with Crippen molar-refractivity contribution in [2.45, 2.75) is 13.0 Å². The molecule has 0 aliphatic rings. The minimum absolute atomic E-state index is 0.0958. The van der Waals surface area contributed by atoms with Crippen molar-refractivity contribution in [2.24, 2.45) is 0 Å². The minimum atomic E-state index is -2.94. The molecule has 0 fully saturated rings. The molecular formula is C10H19N3O3S. The molecule has 98 valence electrons. The Morgan fingerprint density at radius 3 is 2.88 bits per heavy atom. The van der Waals surface area contributed by atoms with Crippen molar-refractivity contribution < 1.29 is 13.2 Å². The summed E-state index contributed by atoms with van der Waals surface area (Å²) in [7, 11) is -1.30. The highest BCUT2D eigenvalue weighted by atomic mass is 32.2. The van der Waals surface area contributed by atoms with Crippen LogP contribution in [0.2, 0.25) is 0 Å². The molecule has 1 rings (SSSR count). The van der Waals surface area contributed by atoms with E-state index in [2.05, 4.69) is 10.3 Å². The van der Waals surface area contributed by atoms with Gasteiger partial charge in [0, 0.05) is 32.3 Å². The van der Waals surface area contributed by atoms with Crippen LogP contribution >= 0.6 is 0 Å². The minimum Gasteiger partial charge on any atom is -0.383 e. The zero-order chi connectivity index (χ0) is 12.9. The van der Waals surface area contributed by atoms with Gasteiger partial charge in [-0.05, 0) is 6.92 Å². The first kappa shape index (κ1) is 14.0. The summed E-state index contributed by atoms with van der Waals surface area (Å²) in [5.74, 6) is 0.761. The predicted octanol–water partition coefficient (Wildman–Crippen LogP) is 0.547. The zero-order valence-electron chi connectivity index (χ0n) is 10.4. The molecule has 7 heteroatoms. The third kappa shape index (κ3) is 4.74. The van der Waals surface area contributed by atoms with Gasteiger partial charge in [-0.15, -0.1) is 0 Å². The average Bonchev–Trinajstić information content (AvgIpc) is 2.64. The second kappa shape index (κ2) is 6.02. The van der Waals surface area contributed by atoms with Gasteiger partial charge in [0.25, 0.3) is 0 Å². The Morgan fingerprint density at radius 1 is 1.59 bits per heavy atom. The standard InChI is InChI=1S/C10H19N3O3S/c1-9(8-16-2)13-6-4-11-10(13)12-5-7-17(3,14)15/h4,6,9H,5,7-8H2,1-3H3,(H,11,12). The van der Waals surface area contributed by atoms with E-state index in [4.69, 9.17) is 4.74 Å². The number of hydrogen-bond acceptors (Lipinski definition) is 5. The molecule has 1 heterocycles. The summed E-state index contributed by atoms with van der Waals surface area (Å²) < 4.78 is 29.0. The first-order valence-electron chi connectivity index (χ1n) is 5.37. The van der Waals surface area contributed by atoms with E-state index in [0.717, 1.165) is 0 Å². The number of rotatable bonds is 7. The van der Waals surface area contributed by atoms with Crippen LogP contribution in [0.4, 0.5) is 5.95 Å². The summed E-state index contributed by atoms with van der Waals surface area (Å²) in [6.07, 6.45) is 4.73. The molecule has 0 saturated heterocycles. The molecule has 0 aliphatic heterocycles. The first-order chi connectivity index (χ1) is 7.94. The maximum absolute atomic E-state index is 11.0. The highest BCUT2D eigenvalue weighted by Crippen LogP contribution is 2.13. The molecule has 1 aromatic rings. The molecule has 0 aliphatic carbocycles. The van der Waals surface area contributed by atoms with Crippen molar-refractivity contribution in [3.05, 3.63) is 12.4 Å². The van der Waals surface area contributed by atoms with Gasteiger partial charge in [0.2, 0.25) is 5.95 Å². The van der Waals surface area contributed by atoms with Gasteiger partial charge in [-0.2, -0.15) is 0 Å². The Bertz CT molecular complexity index is 441. The number of nitrogens with one attached hydrogen (secondary N) is 1. The molecule has 1 unspecified atom stereocenters. The summed E-state index contributed by atoms with van der Waals surface area (Å²) in [5.41, 5.74) is 0. The molecular weight excluding hydrogens is 242 g/mol. The number of sulfone groups is 1. The van der Waals surface area contributed by atoms with Gasteiger partial charge in [0.15, 0.2) is 0 Å². The number of imidazole rings is 1. The van der Waals surface area contributed by atoms with Crippen molar-refractivity contribution >= 4 is 15.8 Å². The fraction of sp³-hybridized carbons (Fsp3) is 0.700. The van der Waals surface area contributed by atoms with Gasteiger partial charge in [-0.25, -0.2) is 13.4 Å². The summed E-state index contributed by atoms with van der Waals surface area (Å²) in [6.45, 7) is 2.94. The van der Waals surface area contributed by atoms with Crippen molar-refractivity contribution in [1.29, 1.82) is 0 Å². The van der Waals surface area contributed by atoms with Crippen LogP contribution in [-0.2, 0) is 14.6 Å². The predicted molar refractivity (Wildman–Crippen MR) is 67.0 cm³/mol. The van der Waals surface area contributed by atoms with Crippen LogP contribution in [0.25, 0.3) is 0 Å². The first-order valence-corrected chi connectivity index (χ1v) is 7.43. The Morgan fingerprint density at radius 2 is 2.29 bits per heavy atom. The van der Waals surface area contributed by atoms with Crippen LogP contribution in [0.1, 0.15) is 13.0 Å². The Hall–Kier alpha value is -1.08. The summed E-state index contributed by atoms with van der Waals surface area (Å²) in [6, 6.07) is 0.156. The molecule has 17 heavy (non-hydrogen) atoms. The van der Waals surface area contributed by atoms with E-state index >= 15 is 0 Å². The van der Waals surface area contributed by atoms with Gasteiger partial charge in [0.1, 0.15) is 9.84 Å². The van der Waals surface area contributed by atoms with Crippen molar-refractivity contribution in [3.63, 3.8) is 0 Å². The lowest BCUT2D eigenvalue weighted by Crippen LogP contribution is -2.19. The number of ether oxygens (including phenoxy) is 1. The SMILES string of the molecule is COCC(C)n1ccnc1NCCS(C)(=O)=O. The molecule has 0 spiro atoms. The van der Waals surface area contributed by atoms with Crippen LogP contribution in [-0.4, -0.2) is 50.2 Å². The normalized spacial score (nSPS) is 13.6. The van der Waals surface area contributed by atoms with Gasteiger partial charge in [-0.1, -0.05) is 0 Å². The smallest absolute Gasteiger partial charge is 0.203 e. The lowest BCUT2D eigenvalue weighted by Gasteiger charge is -2.15. The molecule has 1 atom stereocenters. The van der Waals surface area contributed by atoms with Gasteiger partial charge in [0.05, 0.1) is 18.4 Å². The van der Waals surface area contributed by atoms with E-state index in [1.54, 1.807) is 13.3 Å². The molecule has 6 nitrogen and oxygen atoms in total. The number of aromatic nitrogens is 2. The Balaban J connectivity index is 2.57. The van der Waals surface area contributed by atoms with Gasteiger partial charge >= 0.3 is 0 Å². The maximum Gasteiger partial charge on any atom is 0.203 e. The number of methoxy groups -OCH3 is 1. The molecule has 1 aromatic heterocycles. The second-order valence-corrected chi connectivity index (χ2v) is 6.28. The lowest BCUT2D eigenvalue weighted by atomic mass is 10.3. The van der Waals surface area contributed by atoms with E-state index in [0.29, 0.717) is 19.1 Å². The van der Waals surface area contributed by atoms with Gasteiger partial charge < -0.3 is 14.6 Å². The van der Waals surface area contributed by atoms with Crippen LogP contribution in [0.15, 0.2) is 12.4 Å². The van der Waals surface area contributed by atoms with Crippen LogP contribution in [0, 0.1) is 0 Å². The molecule has 0 amide bonds. The molecule has 0 saturated carbocycles. The Kier molecular flexibility index (Phi) is 4.95. The van der Waals surface area contributed by atoms with E-state index in [-0.39, 0.29) is 11.8 Å². The maximum atomic E-state index is 11.0. The fourth-order valence-electron chi connectivity index (χ4n) is 1.48. The second-order valence-electron chi connectivity index (χ2n) is 4.02. The molecule has 0 bridgehead atoms. The molecule has 0 aromatic carbocycles. The third-order valence-corrected chi connectivity index (χ3v) is 3.25. The monoisotopic (exact) mass is 261 g/mol. The van der Waals surface area contributed by atoms with Crippen LogP contribution in [0.3, 0.4) is 0 Å². The van der Waals surface area contributed by atoms with Gasteiger partial charge in [-0.3, -0.25) is 0 Å². The number of anilines is 1. The quantitative estimate of drug-likeness (QED) is 0.776. The summed E-state index contributed by atoms with van der Waals surface area (Å²) in [5, 5.41) is 3.01. The van der Waals surface area contributed by atoms with Crippen LogP contribution < -0.4 is 5.32 Å².